The summed E-state index contributed by atoms with van der Waals surface area (Å²) < 4.78 is 1.77. The molecule has 1 aliphatic heterocycles. The first-order valence-electron chi connectivity index (χ1n) is 9.73. The van der Waals surface area contributed by atoms with Crippen LogP contribution in [0.1, 0.15) is 54.2 Å². The van der Waals surface area contributed by atoms with Gasteiger partial charge in [0.25, 0.3) is 0 Å². The number of H-pyrrole nitrogens is 1. The molecule has 0 spiro atoms. The number of rotatable bonds is 5. The van der Waals surface area contributed by atoms with E-state index in [2.05, 4.69) is 26.7 Å². The molecule has 0 radical (unpaired) electrons. The third-order valence-corrected chi connectivity index (χ3v) is 5.63. The van der Waals surface area contributed by atoms with Gasteiger partial charge in [-0.1, -0.05) is 0 Å². The number of carbonyl (C=O) groups excluding carboxylic acids is 1. The molecule has 1 fully saturated rings. The number of aryl methyl sites for hydroxylation is 1. The number of carbonyl (C=O) groups is 1. The summed E-state index contributed by atoms with van der Waals surface area (Å²) in [6, 6.07) is 2.05. The molecule has 1 atom stereocenters. The Hall–Kier alpha value is -1.86. The summed E-state index contributed by atoms with van der Waals surface area (Å²) in [5.74, 6) is 0.530. The highest BCUT2D eigenvalue weighted by Gasteiger charge is 2.21. The van der Waals surface area contributed by atoms with Crippen LogP contribution in [0, 0.1) is 0 Å². The lowest BCUT2D eigenvalue weighted by molar-refractivity contribution is -0.131. The van der Waals surface area contributed by atoms with Crippen LogP contribution in [0.5, 0.6) is 0 Å². The van der Waals surface area contributed by atoms with Crippen molar-refractivity contribution in [3.63, 3.8) is 0 Å². The second-order valence-electron chi connectivity index (χ2n) is 7.57. The molecule has 3 heterocycles. The molecule has 2 aliphatic rings. The summed E-state index contributed by atoms with van der Waals surface area (Å²) in [6.45, 7) is 2.92. The number of fused-ring (bicyclic) bond motifs is 1. The smallest absolute Gasteiger partial charge is 0.244 e. The van der Waals surface area contributed by atoms with Gasteiger partial charge in [-0.3, -0.25) is 14.6 Å². The fourth-order valence-electron chi connectivity index (χ4n) is 4.04. The van der Waals surface area contributed by atoms with E-state index in [1.807, 2.05) is 13.2 Å². The summed E-state index contributed by atoms with van der Waals surface area (Å²) >= 11 is 0. The van der Waals surface area contributed by atoms with Crippen LogP contribution in [0.2, 0.25) is 0 Å². The van der Waals surface area contributed by atoms with Crippen LogP contribution in [-0.2, 0) is 30.7 Å². The first-order chi connectivity index (χ1) is 12.7. The molecule has 1 amide bonds. The third-order valence-electron chi connectivity index (χ3n) is 5.63. The van der Waals surface area contributed by atoms with E-state index in [4.69, 9.17) is 0 Å². The predicted molar refractivity (Wildman–Crippen MR) is 106 cm³/mol. The first-order valence-corrected chi connectivity index (χ1v) is 9.73. The van der Waals surface area contributed by atoms with Crippen molar-refractivity contribution in [1.82, 2.24) is 30.2 Å². The molecule has 0 aromatic carbocycles. The van der Waals surface area contributed by atoms with Crippen molar-refractivity contribution in [3.05, 3.63) is 34.9 Å². The monoisotopic (exact) mass is 392 g/mol. The molecule has 27 heavy (non-hydrogen) atoms. The van der Waals surface area contributed by atoms with E-state index in [0.717, 1.165) is 37.3 Å². The molecular formula is C19H29ClN6O. The topological polar surface area (TPSA) is 78.8 Å². The van der Waals surface area contributed by atoms with Crippen LogP contribution in [0.25, 0.3) is 0 Å². The van der Waals surface area contributed by atoms with E-state index < -0.39 is 0 Å². The molecule has 2 aromatic rings. The minimum absolute atomic E-state index is 0. The number of nitrogens with zero attached hydrogens (tertiary/aromatic N) is 4. The van der Waals surface area contributed by atoms with Crippen LogP contribution in [0.15, 0.2) is 12.3 Å². The first kappa shape index (κ1) is 19.9. The average molecular weight is 393 g/mol. The molecule has 4 rings (SSSR count). The highest BCUT2D eigenvalue weighted by Crippen LogP contribution is 2.23. The Morgan fingerprint density at radius 2 is 2.19 bits per heavy atom. The molecule has 2 aromatic heterocycles. The van der Waals surface area contributed by atoms with Crippen LogP contribution < -0.4 is 5.32 Å². The van der Waals surface area contributed by atoms with E-state index in [1.54, 1.807) is 9.58 Å². The van der Waals surface area contributed by atoms with E-state index in [1.165, 1.54) is 36.9 Å². The lowest BCUT2D eigenvalue weighted by atomic mass is 9.96. The summed E-state index contributed by atoms with van der Waals surface area (Å²) in [6.07, 6.45) is 8.86. The third kappa shape index (κ3) is 4.52. The Kier molecular flexibility index (Phi) is 6.55. The maximum atomic E-state index is 12.6. The number of aromatic amines is 1. The molecular weight excluding hydrogens is 364 g/mol. The van der Waals surface area contributed by atoms with Crippen LogP contribution >= 0.6 is 12.4 Å². The van der Waals surface area contributed by atoms with Crippen LogP contribution in [0.3, 0.4) is 0 Å². The minimum atomic E-state index is 0. The van der Waals surface area contributed by atoms with E-state index in [0.29, 0.717) is 12.5 Å². The van der Waals surface area contributed by atoms with Gasteiger partial charge in [0, 0.05) is 31.4 Å². The standard InChI is InChI=1S/C19H28N6O.ClH/c1-24(12-18-15-6-2-3-7-17(15)21-22-18)19(26)13-25-10-8-16(23-25)14-5-4-9-20-11-14;/h8,10,14,20H,2-7,9,11-13H2,1H3,(H,21,22);1H. The predicted octanol–water partition coefficient (Wildman–Crippen LogP) is 2.03. The van der Waals surface area contributed by atoms with Crippen molar-refractivity contribution >= 4 is 18.3 Å². The van der Waals surface area contributed by atoms with Gasteiger partial charge in [0.1, 0.15) is 6.54 Å². The van der Waals surface area contributed by atoms with Gasteiger partial charge in [0.15, 0.2) is 0 Å². The number of piperidine rings is 1. The van der Waals surface area contributed by atoms with Crippen molar-refractivity contribution in [3.8, 4) is 0 Å². The van der Waals surface area contributed by atoms with Gasteiger partial charge < -0.3 is 10.2 Å². The van der Waals surface area contributed by atoms with Crippen molar-refractivity contribution in [2.75, 3.05) is 20.1 Å². The van der Waals surface area contributed by atoms with Crippen LogP contribution in [0.4, 0.5) is 0 Å². The number of halogens is 1. The largest absolute Gasteiger partial charge is 0.338 e. The quantitative estimate of drug-likeness (QED) is 0.816. The fraction of sp³-hybridized carbons (Fsp3) is 0.632. The van der Waals surface area contributed by atoms with Crippen molar-refractivity contribution in [2.24, 2.45) is 0 Å². The van der Waals surface area contributed by atoms with Gasteiger partial charge in [-0.25, -0.2) is 0 Å². The maximum Gasteiger partial charge on any atom is 0.244 e. The normalized spacial score (nSPS) is 19.2. The molecule has 0 saturated carbocycles. The number of hydrogen-bond donors (Lipinski definition) is 2. The highest BCUT2D eigenvalue weighted by molar-refractivity contribution is 5.85. The summed E-state index contributed by atoms with van der Waals surface area (Å²) in [5, 5.41) is 15.6. The van der Waals surface area contributed by atoms with Gasteiger partial charge in [0.2, 0.25) is 5.91 Å². The van der Waals surface area contributed by atoms with Gasteiger partial charge in [-0.2, -0.15) is 10.2 Å². The summed E-state index contributed by atoms with van der Waals surface area (Å²) in [4.78, 5) is 14.4. The zero-order valence-corrected chi connectivity index (χ0v) is 16.7. The van der Waals surface area contributed by atoms with Gasteiger partial charge in [0.05, 0.1) is 17.9 Å². The Morgan fingerprint density at radius 1 is 1.33 bits per heavy atom. The molecule has 0 bridgehead atoms. The second kappa shape index (κ2) is 8.89. The van der Waals surface area contributed by atoms with Gasteiger partial charge >= 0.3 is 0 Å². The van der Waals surface area contributed by atoms with Gasteiger partial charge in [-0.15, -0.1) is 12.4 Å². The lowest BCUT2D eigenvalue weighted by Crippen LogP contribution is -2.31. The van der Waals surface area contributed by atoms with E-state index in [-0.39, 0.29) is 24.9 Å². The Bertz CT molecular complexity index is 764. The van der Waals surface area contributed by atoms with Gasteiger partial charge in [-0.05, 0) is 56.7 Å². The minimum Gasteiger partial charge on any atom is -0.338 e. The zero-order chi connectivity index (χ0) is 17.9. The molecule has 8 heteroatoms. The van der Waals surface area contributed by atoms with Crippen molar-refractivity contribution < 1.29 is 4.79 Å². The molecule has 1 unspecified atom stereocenters. The molecule has 148 valence electrons. The molecule has 7 nitrogen and oxygen atoms in total. The summed E-state index contributed by atoms with van der Waals surface area (Å²) in [7, 11) is 1.85. The van der Waals surface area contributed by atoms with Crippen molar-refractivity contribution in [2.45, 2.75) is 57.5 Å². The fourth-order valence-corrected chi connectivity index (χ4v) is 4.04. The highest BCUT2D eigenvalue weighted by atomic mass is 35.5. The number of aromatic nitrogens is 4. The molecule has 1 aliphatic carbocycles. The average Bonchev–Trinajstić information content (AvgIpc) is 3.30. The summed E-state index contributed by atoms with van der Waals surface area (Å²) in [5.41, 5.74) is 4.69. The lowest BCUT2D eigenvalue weighted by Gasteiger charge is -2.21. The van der Waals surface area contributed by atoms with E-state index in [9.17, 15) is 4.79 Å². The number of amides is 1. The second-order valence-corrected chi connectivity index (χ2v) is 7.57. The Labute approximate surface area is 166 Å². The van der Waals surface area contributed by atoms with Crippen LogP contribution in [-0.4, -0.2) is 50.9 Å². The Morgan fingerprint density at radius 3 is 3.00 bits per heavy atom. The Balaban J connectivity index is 0.00000210. The SMILES string of the molecule is CN(Cc1n[nH]c2c1CCCC2)C(=O)Cn1ccc(C2CCCNC2)n1.Cl. The van der Waals surface area contributed by atoms with Crippen molar-refractivity contribution in [1.29, 1.82) is 0 Å². The molecule has 2 N–H and O–H groups in total. The maximum absolute atomic E-state index is 12.6. The molecule has 1 saturated heterocycles. The zero-order valence-electron chi connectivity index (χ0n) is 15.9. The number of hydrogen-bond acceptors (Lipinski definition) is 4. The van der Waals surface area contributed by atoms with E-state index >= 15 is 0 Å². The number of nitrogens with one attached hydrogen (secondary N) is 2. The number of likely N-dealkylation sites (N-methyl/N-ethyl adjacent to an activating group) is 1.